The van der Waals surface area contributed by atoms with Gasteiger partial charge in [-0.3, -0.25) is 10.3 Å². The van der Waals surface area contributed by atoms with Crippen LogP contribution in [-0.2, 0) is 4.74 Å². The van der Waals surface area contributed by atoms with Crippen molar-refractivity contribution in [2.45, 2.75) is 43.5 Å². The number of aromatic nitrogens is 4. The lowest BCUT2D eigenvalue weighted by atomic mass is 9.92. The highest BCUT2D eigenvalue weighted by Gasteiger charge is 2.33. The summed E-state index contributed by atoms with van der Waals surface area (Å²) in [6, 6.07) is 4.87. The van der Waals surface area contributed by atoms with Crippen molar-refractivity contribution in [3.63, 3.8) is 0 Å². The van der Waals surface area contributed by atoms with E-state index in [4.69, 9.17) is 14.5 Å². The molecule has 2 aliphatic heterocycles. The van der Waals surface area contributed by atoms with Crippen LogP contribution in [0.3, 0.4) is 0 Å². The molecule has 2 aromatic heterocycles. The van der Waals surface area contributed by atoms with Crippen LogP contribution in [0.15, 0.2) is 29.8 Å². The molecule has 0 aromatic carbocycles. The van der Waals surface area contributed by atoms with E-state index in [-0.39, 0.29) is 12.1 Å². The maximum atomic E-state index is 9.57. The molecule has 11 nitrogen and oxygen atoms in total. The van der Waals surface area contributed by atoms with Crippen LogP contribution in [0.1, 0.15) is 25.7 Å². The molecule has 2 aromatic rings. The van der Waals surface area contributed by atoms with Gasteiger partial charge in [0.2, 0.25) is 5.66 Å². The second-order valence-corrected chi connectivity index (χ2v) is 7.92. The van der Waals surface area contributed by atoms with E-state index >= 15 is 0 Å². The molecule has 31 heavy (non-hydrogen) atoms. The summed E-state index contributed by atoms with van der Waals surface area (Å²) < 4.78 is 13.4. The van der Waals surface area contributed by atoms with Crippen molar-refractivity contribution < 1.29 is 9.47 Å². The average molecular weight is 423 g/mol. The van der Waals surface area contributed by atoms with E-state index in [2.05, 4.69) is 36.7 Å². The zero-order valence-corrected chi connectivity index (χ0v) is 17.1. The first-order chi connectivity index (χ1) is 15.2. The molecule has 4 heterocycles. The molecule has 0 radical (unpaired) electrons. The van der Waals surface area contributed by atoms with E-state index < -0.39 is 5.66 Å². The molecule has 2 N–H and O–H groups in total. The molecule has 3 aliphatic rings. The monoisotopic (exact) mass is 423 g/mol. The molecule has 0 spiro atoms. The topological polar surface area (TPSA) is 125 Å². The minimum absolute atomic E-state index is 0.0313. The molecule has 1 atom stereocenters. The van der Waals surface area contributed by atoms with Crippen LogP contribution in [0, 0.1) is 11.3 Å². The van der Waals surface area contributed by atoms with Crippen LogP contribution in [0.25, 0.3) is 5.65 Å². The summed E-state index contributed by atoms with van der Waals surface area (Å²) >= 11 is 0. The van der Waals surface area contributed by atoms with Crippen molar-refractivity contribution in [3.8, 4) is 12.1 Å². The van der Waals surface area contributed by atoms with Crippen LogP contribution in [0.2, 0.25) is 0 Å². The maximum absolute atomic E-state index is 9.57. The SMILES string of the molecule is N#CC1(NC2CCC(Oc3nc(N4CCOCC4)cc4ncnn34)CC2)C=NC=CN1. The third-order valence-corrected chi connectivity index (χ3v) is 5.85. The van der Waals surface area contributed by atoms with Gasteiger partial charge in [-0.1, -0.05) is 0 Å². The third kappa shape index (κ3) is 4.17. The van der Waals surface area contributed by atoms with Gasteiger partial charge in [0.15, 0.2) is 5.65 Å². The Labute approximate surface area is 179 Å². The predicted molar refractivity (Wildman–Crippen MR) is 113 cm³/mol. The fourth-order valence-electron chi connectivity index (χ4n) is 4.19. The molecule has 1 saturated carbocycles. The van der Waals surface area contributed by atoms with Gasteiger partial charge in [-0.25, -0.2) is 4.98 Å². The Balaban J connectivity index is 1.25. The Morgan fingerprint density at radius 1 is 1.26 bits per heavy atom. The number of anilines is 1. The molecule has 1 unspecified atom stereocenters. The van der Waals surface area contributed by atoms with Crippen molar-refractivity contribution in [2.75, 3.05) is 31.2 Å². The van der Waals surface area contributed by atoms with Gasteiger partial charge in [0, 0.05) is 37.6 Å². The number of morpholine rings is 1. The molecule has 11 heteroatoms. The number of aliphatic imine (C=N–C) groups is 1. The number of ether oxygens (including phenoxy) is 2. The van der Waals surface area contributed by atoms with Crippen LogP contribution in [0.5, 0.6) is 6.01 Å². The quantitative estimate of drug-likeness (QED) is 0.711. The number of hydrogen-bond donors (Lipinski definition) is 2. The number of nitrogens with zero attached hydrogens (tertiary/aromatic N) is 7. The zero-order chi connectivity index (χ0) is 21.1. The predicted octanol–water partition coefficient (Wildman–Crippen LogP) is 0.606. The normalized spacial score (nSPS) is 28.3. The van der Waals surface area contributed by atoms with Crippen LogP contribution in [-0.4, -0.2) is 69.9 Å². The number of nitrogens with one attached hydrogen (secondary N) is 2. The molecular formula is C20H25N9O2. The van der Waals surface area contributed by atoms with E-state index in [1.165, 1.54) is 6.33 Å². The highest BCUT2D eigenvalue weighted by atomic mass is 16.5. The first-order valence-electron chi connectivity index (χ1n) is 10.6. The lowest BCUT2D eigenvalue weighted by Crippen LogP contribution is -2.60. The Morgan fingerprint density at radius 3 is 2.84 bits per heavy atom. The largest absolute Gasteiger partial charge is 0.460 e. The molecular weight excluding hydrogens is 398 g/mol. The van der Waals surface area contributed by atoms with Crippen LogP contribution in [0.4, 0.5) is 5.82 Å². The molecule has 5 rings (SSSR count). The number of rotatable bonds is 5. The van der Waals surface area contributed by atoms with Crippen LogP contribution < -0.4 is 20.3 Å². The highest BCUT2D eigenvalue weighted by Crippen LogP contribution is 2.26. The summed E-state index contributed by atoms with van der Waals surface area (Å²) in [5, 5.41) is 20.3. The Hall–Kier alpha value is -3.23. The van der Waals surface area contributed by atoms with Gasteiger partial charge < -0.3 is 19.7 Å². The zero-order valence-electron chi connectivity index (χ0n) is 17.1. The van der Waals surface area contributed by atoms with Crippen molar-refractivity contribution in [3.05, 3.63) is 24.8 Å². The molecule has 0 bridgehead atoms. The van der Waals surface area contributed by atoms with Gasteiger partial charge in [-0.05, 0) is 25.7 Å². The van der Waals surface area contributed by atoms with E-state index in [9.17, 15) is 5.26 Å². The smallest absolute Gasteiger partial charge is 0.321 e. The van der Waals surface area contributed by atoms with Gasteiger partial charge in [0.25, 0.3) is 0 Å². The second kappa shape index (κ2) is 8.49. The fourth-order valence-corrected chi connectivity index (χ4v) is 4.19. The van der Waals surface area contributed by atoms with E-state index in [0.29, 0.717) is 24.9 Å². The molecule has 2 fully saturated rings. The summed E-state index contributed by atoms with van der Waals surface area (Å²) in [6.07, 6.45) is 9.95. The lowest BCUT2D eigenvalue weighted by molar-refractivity contribution is 0.118. The Bertz CT molecular complexity index is 1020. The summed E-state index contributed by atoms with van der Waals surface area (Å²) in [5.74, 6) is 0.834. The summed E-state index contributed by atoms with van der Waals surface area (Å²) in [7, 11) is 0. The first kappa shape index (κ1) is 19.7. The molecule has 1 saturated heterocycles. The number of fused-ring (bicyclic) bond motifs is 1. The Morgan fingerprint density at radius 2 is 2.10 bits per heavy atom. The van der Waals surface area contributed by atoms with Gasteiger partial charge in [-0.15, -0.1) is 0 Å². The fraction of sp³-hybridized carbons (Fsp3) is 0.550. The van der Waals surface area contributed by atoms with E-state index in [1.54, 1.807) is 23.1 Å². The average Bonchev–Trinajstić information content (AvgIpc) is 3.31. The minimum atomic E-state index is -0.950. The number of hydrogen-bond acceptors (Lipinski definition) is 10. The number of nitriles is 1. The molecule has 0 amide bonds. The highest BCUT2D eigenvalue weighted by molar-refractivity contribution is 5.75. The van der Waals surface area contributed by atoms with Crippen molar-refractivity contribution >= 4 is 17.7 Å². The lowest BCUT2D eigenvalue weighted by Gasteiger charge is -2.35. The van der Waals surface area contributed by atoms with E-state index in [0.717, 1.165) is 44.6 Å². The van der Waals surface area contributed by atoms with Crippen molar-refractivity contribution in [2.24, 2.45) is 4.99 Å². The summed E-state index contributed by atoms with van der Waals surface area (Å²) in [4.78, 5) is 15.3. The van der Waals surface area contributed by atoms with E-state index in [1.807, 2.05) is 6.07 Å². The summed E-state index contributed by atoms with van der Waals surface area (Å²) in [5.41, 5.74) is -0.234. The first-order valence-corrected chi connectivity index (χ1v) is 10.6. The molecule has 162 valence electrons. The standard InChI is InChI=1S/C20H25N9O2/c21-12-20(13-22-5-6-24-20)27-15-1-3-16(4-2-15)31-19-26-18(28-7-9-30-10-8-28)11-17-23-14-25-29(17)19/h5-6,11,13-16,24,27H,1-4,7-10H2. The van der Waals surface area contributed by atoms with Crippen molar-refractivity contribution in [1.29, 1.82) is 5.26 Å². The van der Waals surface area contributed by atoms with Crippen LogP contribution >= 0.6 is 0 Å². The third-order valence-electron chi connectivity index (χ3n) is 5.85. The second-order valence-electron chi connectivity index (χ2n) is 7.92. The minimum Gasteiger partial charge on any atom is -0.460 e. The van der Waals surface area contributed by atoms with Gasteiger partial charge >= 0.3 is 6.01 Å². The summed E-state index contributed by atoms with van der Waals surface area (Å²) in [6.45, 7) is 2.96. The maximum Gasteiger partial charge on any atom is 0.321 e. The van der Waals surface area contributed by atoms with Crippen molar-refractivity contribution in [1.82, 2.24) is 30.2 Å². The van der Waals surface area contributed by atoms with Gasteiger partial charge in [0.05, 0.1) is 19.4 Å². The van der Waals surface area contributed by atoms with Gasteiger partial charge in [-0.2, -0.15) is 19.9 Å². The Kier molecular flexibility index (Phi) is 5.40. The molecule has 1 aliphatic carbocycles. The van der Waals surface area contributed by atoms with Gasteiger partial charge in [0.1, 0.15) is 24.3 Å².